The van der Waals surface area contributed by atoms with E-state index in [1.165, 1.54) is 0 Å². The van der Waals surface area contributed by atoms with Crippen LogP contribution >= 0.6 is 23.2 Å². The molecule has 0 spiro atoms. The Morgan fingerprint density at radius 2 is 1.31 bits per heavy atom. The third-order valence-corrected chi connectivity index (χ3v) is 5.48. The Morgan fingerprint density at radius 3 is 2.08 bits per heavy atom. The van der Waals surface area contributed by atoms with Gasteiger partial charge in [-0.2, -0.15) is 0 Å². The van der Waals surface area contributed by atoms with Gasteiger partial charge < -0.3 is 9.97 Å². The molecule has 4 nitrogen and oxygen atoms in total. The molecule has 0 unspecified atom stereocenters. The lowest BCUT2D eigenvalue weighted by atomic mass is 10.1. The zero-order valence-corrected chi connectivity index (χ0v) is 14.7. The molecule has 0 atom stereocenters. The van der Waals surface area contributed by atoms with Gasteiger partial charge in [-0.15, -0.1) is 0 Å². The summed E-state index contributed by atoms with van der Waals surface area (Å²) in [5.41, 5.74) is 2.18. The molecule has 6 heteroatoms. The van der Waals surface area contributed by atoms with Crippen molar-refractivity contribution in [3.05, 3.63) is 79.0 Å². The second-order valence-corrected chi connectivity index (χ2v) is 6.97. The van der Waals surface area contributed by atoms with Crippen LogP contribution in [0.1, 0.15) is 0 Å². The van der Waals surface area contributed by atoms with Crippen molar-refractivity contribution in [1.82, 2.24) is 9.97 Å². The van der Waals surface area contributed by atoms with Crippen molar-refractivity contribution in [2.45, 2.75) is 0 Å². The molecule has 3 aromatic carbocycles. The van der Waals surface area contributed by atoms with Crippen LogP contribution in [0.2, 0.25) is 10.0 Å². The van der Waals surface area contributed by atoms with Crippen molar-refractivity contribution in [2.75, 3.05) is 0 Å². The molecule has 0 aliphatic rings. The molecule has 0 amide bonds. The lowest BCUT2D eigenvalue weighted by Gasteiger charge is -2.08. The minimum Gasteiger partial charge on any atom is -0.354 e. The fourth-order valence-electron chi connectivity index (χ4n) is 3.42. The van der Waals surface area contributed by atoms with E-state index >= 15 is 0 Å². The SMILES string of the molecule is O=c1c2ccccc2[nH]c2cc3c(=O)c4c(Cl)c(Cl)ccc4[nH]c3cc12. The van der Waals surface area contributed by atoms with Gasteiger partial charge in [-0.25, -0.2) is 0 Å². The summed E-state index contributed by atoms with van der Waals surface area (Å²) in [5, 5.41) is 2.46. The first kappa shape index (κ1) is 15.4. The van der Waals surface area contributed by atoms with Gasteiger partial charge in [-0.3, -0.25) is 9.59 Å². The van der Waals surface area contributed by atoms with Gasteiger partial charge in [0.2, 0.25) is 0 Å². The summed E-state index contributed by atoms with van der Waals surface area (Å²) in [6, 6.07) is 14.0. The highest BCUT2D eigenvalue weighted by Crippen LogP contribution is 2.29. The molecule has 2 heterocycles. The second kappa shape index (κ2) is 5.34. The lowest BCUT2D eigenvalue weighted by molar-refractivity contribution is 1.46. The van der Waals surface area contributed by atoms with Crippen LogP contribution in [0, 0.1) is 0 Å². The number of pyridine rings is 2. The molecule has 0 bridgehead atoms. The first-order chi connectivity index (χ1) is 12.5. The quantitative estimate of drug-likeness (QED) is 0.372. The van der Waals surface area contributed by atoms with Crippen molar-refractivity contribution >= 4 is 66.8 Å². The Balaban J connectivity index is 2.03. The van der Waals surface area contributed by atoms with E-state index in [2.05, 4.69) is 9.97 Å². The molecule has 5 rings (SSSR count). The molecular weight excluding hydrogens is 371 g/mol. The molecule has 26 heavy (non-hydrogen) atoms. The Kier molecular flexibility index (Phi) is 3.17. The number of nitrogens with one attached hydrogen (secondary N) is 2. The maximum absolute atomic E-state index is 13.0. The van der Waals surface area contributed by atoms with Crippen molar-refractivity contribution in [3.63, 3.8) is 0 Å². The van der Waals surface area contributed by atoms with E-state index in [1.807, 2.05) is 18.2 Å². The number of H-pyrrole nitrogens is 2. The molecule has 126 valence electrons. The molecule has 2 aromatic heterocycles. The van der Waals surface area contributed by atoms with Crippen LogP contribution < -0.4 is 10.9 Å². The zero-order valence-electron chi connectivity index (χ0n) is 13.2. The van der Waals surface area contributed by atoms with Crippen LogP contribution in [-0.2, 0) is 0 Å². The van der Waals surface area contributed by atoms with E-state index in [4.69, 9.17) is 23.2 Å². The lowest BCUT2D eigenvalue weighted by Crippen LogP contribution is -2.08. The summed E-state index contributed by atoms with van der Waals surface area (Å²) < 4.78 is 0. The van der Waals surface area contributed by atoms with E-state index < -0.39 is 0 Å². The summed E-state index contributed by atoms with van der Waals surface area (Å²) in [4.78, 5) is 32.2. The number of aromatic amines is 2. The van der Waals surface area contributed by atoms with Crippen molar-refractivity contribution < 1.29 is 0 Å². The minimum atomic E-state index is -0.225. The molecular formula is C20H10Cl2N2O2. The summed E-state index contributed by atoms with van der Waals surface area (Å²) in [5.74, 6) is 0. The average molecular weight is 381 g/mol. The third kappa shape index (κ3) is 2.03. The van der Waals surface area contributed by atoms with Crippen LogP contribution in [0.3, 0.4) is 0 Å². The Morgan fingerprint density at radius 1 is 0.654 bits per heavy atom. The molecule has 0 aliphatic heterocycles. The summed E-state index contributed by atoms with van der Waals surface area (Å²) in [6.45, 7) is 0. The molecule has 0 saturated carbocycles. The second-order valence-electron chi connectivity index (χ2n) is 6.18. The number of hydrogen-bond donors (Lipinski definition) is 2. The summed E-state index contributed by atoms with van der Waals surface area (Å²) in [7, 11) is 0. The first-order valence-electron chi connectivity index (χ1n) is 7.93. The maximum atomic E-state index is 13.0. The fraction of sp³-hybridized carbons (Fsp3) is 0. The molecule has 0 radical (unpaired) electrons. The van der Waals surface area contributed by atoms with Crippen LogP contribution in [0.25, 0.3) is 43.6 Å². The number of para-hydroxylation sites is 1. The Labute approximate surface area is 156 Å². The Hall–Kier alpha value is -2.82. The monoisotopic (exact) mass is 380 g/mol. The fourth-order valence-corrected chi connectivity index (χ4v) is 3.83. The predicted octanol–water partition coefficient (Wildman–Crippen LogP) is 4.98. The smallest absolute Gasteiger partial charge is 0.198 e. The normalized spacial score (nSPS) is 11.8. The van der Waals surface area contributed by atoms with Gasteiger partial charge in [0.15, 0.2) is 10.9 Å². The highest BCUT2D eigenvalue weighted by molar-refractivity contribution is 6.45. The number of halogens is 2. The van der Waals surface area contributed by atoms with Gasteiger partial charge in [-0.1, -0.05) is 35.3 Å². The van der Waals surface area contributed by atoms with Gasteiger partial charge >= 0.3 is 0 Å². The van der Waals surface area contributed by atoms with Crippen LogP contribution in [0.4, 0.5) is 0 Å². The van der Waals surface area contributed by atoms with E-state index in [1.54, 1.807) is 30.3 Å². The Bertz CT molecular complexity index is 1500. The predicted molar refractivity (Wildman–Crippen MR) is 108 cm³/mol. The van der Waals surface area contributed by atoms with Crippen molar-refractivity contribution in [2.24, 2.45) is 0 Å². The van der Waals surface area contributed by atoms with E-state index in [0.717, 1.165) is 5.52 Å². The highest BCUT2D eigenvalue weighted by Gasteiger charge is 2.14. The van der Waals surface area contributed by atoms with Gasteiger partial charge in [0.05, 0.1) is 32.0 Å². The number of aromatic nitrogens is 2. The number of hydrogen-bond acceptors (Lipinski definition) is 2. The molecule has 0 aliphatic carbocycles. The number of fused-ring (bicyclic) bond motifs is 4. The topological polar surface area (TPSA) is 65.7 Å². The van der Waals surface area contributed by atoms with Crippen molar-refractivity contribution in [3.8, 4) is 0 Å². The van der Waals surface area contributed by atoms with Gasteiger partial charge in [0.1, 0.15) is 0 Å². The third-order valence-electron chi connectivity index (χ3n) is 4.68. The van der Waals surface area contributed by atoms with Gasteiger partial charge in [0.25, 0.3) is 0 Å². The minimum absolute atomic E-state index is 0.0775. The first-order valence-corrected chi connectivity index (χ1v) is 8.68. The maximum Gasteiger partial charge on any atom is 0.198 e. The van der Waals surface area contributed by atoms with E-state index in [9.17, 15) is 9.59 Å². The largest absolute Gasteiger partial charge is 0.354 e. The molecule has 2 N–H and O–H groups in total. The van der Waals surface area contributed by atoms with Gasteiger partial charge in [-0.05, 0) is 36.4 Å². The van der Waals surface area contributed by atoms with E-state index in [-0.39, 0.29) is 15.9 Å². The van der Waals surface area contributed by atoms with Crippen LogP contribution in [0.15, 0.2) is 58.1 Å². The highest BCUT2D eigenvalue weighted by atomic mass is 35.5. The molecule has 0 saturated heterocycles. The number of rotatable bonds is 0. The summed E-state index contributed by atoms with van der Waals surface area (Å²) >= 11 is 12.3. The van der Waals surface area contributed by atoms with Crippen molar-refractivity contribution in [1.29, 1.82) is 0 Å². The zero-order chi connectivity index (χ0) is 18.0. The van der Waals surface area contributed by atoms with Crippen LogP contribution in [0.5, 0.6) is 0 Å². The van der Waals surface area contributed by atoms with E-state index in [0.29, 0.717) is 43.1 Å². The molecule has 5 aromatic rings. The molecule has 0 fully saturated rings. The summed E-state index contributed by atoms with van der Waals surface area (Å²) in [6.07, 6.45) is 0. The van der Waals surface area contributed by atoms with Gasteiger partial charge in [0, 0.05) is 21.7 Å². The van der Waals surface area contributed by atoms with Crippen LogP contribution in [-0.4, -0.2) is 9.97 Å². The number of benzene rings is 3. The average Bonchev–Trinajstić information content (AvgIpc) is 2.64. The standard InChI is InChI=1S/C20H10Cl2N2O2/c21-12-5-6-14-17(18(12)22)20(26)11-8-15-10(7-16(11)24-14)19(25)9-3-1-2-4-13(9)23-15/h1-8H,(H,23,25)(H,24,26).